The number of rotatable bonds is 2. The number of fused-ring (bicyclic) bond motifs is 1. The summed E-state index contributed by atoms with van der Waals surface area (Å²) in [5.74, 6) is 0. The molecule has 0 fully saturated rings. The Morgan fingerprint density at radius 2 is 2.13 bits per heavy atom. The monoisotopic (exact) mass is 199 g/mol. The van der Waals surface area contributed by atoms with Crippen LogP contribution in [0.5, 0.6) is 0 Å². The zero-order chi connectivity index (χ0) is 10.7. The Bertz CT molecular complexity index is 503. The van der Waals surface area contributed by atoms with Gasteiger partial charge in [-0.2, -0.15) is 0 Å². The van der Waals surface area contributed by atoms with Gasteiger partial charge in [-0.15, -0.1) is 0 Å². The molecule has 0 aliphatic rings. The van der Waals surface area contributed by atoms with Gasteiger partial charge in [-0.3, -0.25) is 4.98 Å². The third-order valence-electron chi connectivity index (χ3n) is 2.41. The van der Waals surface area contributed by atoms with Crippen LogP contribution in [-0.2, 0) is 0 Å². The SMILES string of the molecule is Cc1cnc2ccccc2c1/C=C/CO. The molecule has 1 aromatic heterocycles. The highest BCUT2D eigenvalue weighted by atomic mass is 16.2. The highest BCUT2D eigenvalue weighted by molar-refractivity contribution is 5.88. The van der Waals surface area contributed by atoms with Crippen molar-refractivity contribution in [1.82, 2.24) is 4.98 Å². The average Bonchev–Trinajstić information content (AvgIpc) is 2.28. The predicted molar refractivity (Wildman–Crippen MR) is 62.6 cm³/mol. The lowest BCUT2D eigenvalue weighted by Crippen LogP contribution is -1.87. The zero-order valence-corrected chi connectivity index (χ0v) is 8.64. The summed E-state index contributed by atoms with van der Waals surface area (Å²) in [5, 5.41) is 9.92. The van der Waals surface area contributed by atoms with Gasteiger partial charge in [-0.25, -0.2) is 0 Å². The van der Waals surface area contributed by atoms with Crippen LogP contribution < -0.4 is 0 Å². The first-order valence-electron chi connectivity index (χ1n) is 4.94. The van der Waals surface area contributed by atoms with Crippen molar-refractivity contribution in [3.05, 3.63) is 47.7 Å². The van der Waals surface area contributed by atoms with Crippen LogP contribution in [0.3, 0.4) is 0 Å². The second-order valence-electron chi connectivity index (χ2n) is 3.46. The summed E-state index contributed by atoms with van der Waals surface area (Å²) in [6.07, 6.45) is 5.55. The molecule has 2 rings (SSSR count). The molecule has 0 aliphatic heterocycles. The van der Waals surface area contributed by atoms with Crippen LogP contribution in [0.25, 0.3) is 17.0 Å². The third kappa shape index (κ3) is 1.90. The first kappa shape index (κ1) is 9.87. The van der Waals surface area contributed by atoms with Crippen molar-refractivity contribution in [2.75, 3.05) is 6.61 Å². The summed E-state index contributed by atoms with van der Waals surface area (Å²) >= 11 is 0. The molecule has 0 bridgehead atoms. The van der Waals surface area contributed by atoms with Crippen molar-refractivity contribution < 1.29 is 5.11 Å². The lowest BCUT2D eigenvalue weighted by atomic mass is 10.0. The first-order chi connectivity index (χ1) is 7.33. The lowest BCUT2D eigenvalue weighted by molar-refractivity contribution is 0.343. The summed E-state index contributed by atoms with van der Waals surface area (Å²) < 4.78 is 0. The van der Waals surface area contributed by atoms with E-state index >= 15 is 0 Å². The fourth-order valence-electron chi connectivity index (χ4n) is 1.65. The predicted octanol–water partition coefficient (Wildman–Crippen LogP) is 2.55. The van der Waals surface area contributed by atoms with Crippen molar-refractivity contribution in [3.8, 4) is 0 Å². The Morgan fingerprint density at radius 1 is 1.33 bits per heavy atom. The molecule has 76 valence electrons. The van der Waals surface area contributed by atoms with Crippen LogP contribution in [0.4, 0.5) is 0 Å². The molecule has 0 unspecified atom stereocenters. The normalized spacial score (nSPS) is 11.3. The first-order valence-corrected chi connectivity index (χ1v) is 4.94. The minimum absolute atomic E-state index is 0.0656. The maximum atomic E-state index is 8.79. The summed E-state index contributed by atoms with van der Waals surface area (Å²) in [5.41, 5.74) is 3.24. The molecule has 2 nitrogen and oxygen atoms in total. The fourth-order valence-corrected chi connectivity index (χ4v) is 1.65. The van der Waals surface area contributed by atoms with Gasteiger partial charge in [0.1, 0.15) is 0 Å². The molecule has 2 heteroatoms. The second-order valence-corrected chi connectivity index (χ2v) is 3.46. The van der Waals surface area contributed by atoms with Gasteiger partial charge < -0.3 is 5.11 Å². The van der Waals surface area contributed by atoms with E-state index in [1.54, 1.807) is 6.08 Å². The van der Waals surface area contributed by atoms with Crippen LogP contribution in [0, 0.1) is 6.92 Å². The molecule has 15 heavy (non-hydrogen) atoms. The van der Waals surface area contributed by atoms with Gasteiger partial charge in [0.05, 0.1) is 12.1 Å². The molecule has 1 heterocycles. The maximum absolute atomic E-state index is 8.79. The van der Waals surface area contributed by atoms with Gasteiger partial charge in [-0.05, 0) is 24.1 Å². The molecule has 0 spiro atoms. The summed E-state index contributed by atoms with van der Waals surface area (Å²) in [6, 6.07) is 8.02. The van der Waals surface area contributed by atoms with Crippen LogP contribution >= 0.6 is 0 Å². The van der Waals surface area contributed by atoms with E-state index in [-0.39, 0.29) is 6.61 Å². The van der Waals surface area contributed by atoms with E-state index in [0.29, 0.717) is 0 Å². The quantitative estimate of drug-likeness (QED) is 0.806. The number of para-hydroxylation sites is 1. The number of aryl methyl sites for hydroxylation is 1. The van der Waals surface area contributed by atoms with Gasteiger partial charge in [-0.1, -0.05) is 30.4 Å². The van der Waals surface area contributed by atoms with Crippen molar-refractivity contribution in [2.45, 2.75) is 6.92 Å². The smallest absolute Gasteiger partial charge is 0.0708 e. The molecule has 0 atom stereocenters. The third-order valence-corrected chi connectivity index (χ3v) is 2.41. The van der Waals surface area contributed by atoms with Gasteiger partial charge >= 0.3 is 0 Å². The molecule has 0 saturated heterocycles. The van der Waals surface area contributed by atoms with E-state index < -0.39 is 0 Å². The van der Waals surface area contributed by atoms with E-state index in [9.17, 15) is 0 Å². The standard InChI is InChI=1S/C13H13NO/c1-10-9-14-13-7-3-2-5-12(13)11(10)6-4-8-15/h2-7,9,15H,8H2,1H3/b6-4+. The largest absolute Gasteiger partial charge is 0.392 e. The zero-order valence-electron chi connectivity index (χ0n) is 8.64. The van der Waals surface area contributed by atoms with E-state index in [0.717, 1.165) is 22.0 Å². The van der Waals surface area contributed by atoms with Crippen LogP contribution in [0.2, 0.25) is 0 Å². The van der Waals surface area contributed by atoms with Crippen LogP contribution in [0.1, 0.15) is 11.1 Å². The highest BCUT2D eigenvalue weighted by Crippen LogP contribution is 2.20. The van der Waals surface area contributed by atoms with Crippen molar-refractivity contribution >= 4 is 17.0 Å². The molecular formula is C13H13NO. The molecule has 1 aromatic carbocycles. The topological polar surface area (TPSA) is 33.1 Å². The summed E-state index contributed by atoms with van der Waals surface area (Å²) in [4.78, 5) is 4.35. The van der Waals surface area contributed by atoms with Gasteiger partial charge in [0.2, 0.25) is 0 Å². The van der Waals surface area contributed by atoms with Gasteiger partial charge in [0.15, 0.2) is 0 Å². The average molecular weight is 199 g/mol. The molecule has 0 aliphatic carbocycles. The Balaban J connectivity index is 2.68. The van der Waals surface area contributed by atoms with E-state index in [1.807, 2.05) is 43.5 Å². The summed E-state index contributed by atoms with van der Waals surface area (Å²) in [7, 11) is 0. The summed E-state index contributed by atoms with van der Waals surface area (Å²) in [6.45, 7) is 2.09. The van der Waals surface area contributed by atoms with Gasteiger partial charge in [0.25, 0.3) is 0 Å². The number of benzene rings is 1. The van der Waals surface area contributed by atoms with Crippen molar-refractivity contribution in [2.24, 2.45) is 0 Å². The van der Waals surface area contributed by atoms with Gasteiger partial charge in [0, 0.05) is 11.6 Å². The molecule has 0 amide bonds. The number of hydrogen-bond acceptors (Lipinski definition) is 2. The molecular weight excluding hydrogens is 186 g/mol. The Morgan fingerprint density at radius 3 is 2.93 bits per heavy atom. The molecule has 2 aromatic rings. The highest BCUT2D eigenvalue weighted by Gasteiger charge is 2.01. The maximum Gasteiger partial charge on any atom is 0.0708 e. The van der Waals surface area contributed by atoms with Crippen LogP contribution in [-0.4, -0.2) is 16.7 Å². The second kappa shape index (κ2) is 4.24. The minimum atomic E-state index is 0.0656. The molecule has 0 radical (unpaired) electrons. The number of aliphatic hydroxyl groups excluding tert-OH is 1. The molecule has 1 N–H and O–H groups in total. The Labute approximate surface area is 88.9 Å². The Hall–Kier alpha value is -1.67. The van der Waals surface area contributed by atoms with Crippen molar-refractivity contribution in [1.29, 1.82) is 0 Å². The molecule has 0 saturated carbocycles. The number of pyridine rings is 1. The Kier molecular flexibility index (Phi) is 2.79. The van der Waals surface area contributed by atoms with Crippen LogP contribution in [0.15, 0.2) is 36.5 Å². The number of hydrogen-bond donors (Lipinski definition) is 1. The number of nitrogens with zero attached hydrogens (tertiary/aromatic N) is 1. The fraction of sp³-hybridized carbons (Fsp3) is 0.154. The number of aromatic nitrogens is 1. The lowest BCUT2D eigenvalue weighted by Gasteiger charge is -2.04. The van der Waals surface area contributed by atoms with E-state index in [1.165, 1.54) is 0 Å². The van der Waals surface area contributed by atoms with Crippen molar-refractivity contribution in [3.63, 3.8) is 0 Å². The van der Waals surface area contributed by atoms with E-state index in [4.69, 9.17) is 5.11 Å². The number of aliphatic hydroxyl groups is 1. The van der Waals surface area contributed by atoms with E-state index in [2.05, 4.69) is 4.98 Å². The minimum Gasteiger partial charge on any atom is -0.392 e.